The molecule has 2 aromatic carbocycles. The number of benzene rings is 2. The summed E-state index contributed by atoms with van der Waals surface area (Å²) in [4.78, 5) is 12.4. The fourth-order valence-electron chi connectivity index (χ4n) is 3.82. The van der Waals surface area contributed by atoms with Crippen molar-refractivity contribution in [3.8, 4) is 11.4 Å². The van der Waals surface area contributed by atoms with Gasteiger partial charge in [0.15, 0.2) is 5.82 Å². The molecule has 3 heterocycles. The van der Waals surface area contributed by atoms with Gasteiger partial charge in [0.1, 0.15) is 9.86 Å². The number of nitrogens with zero attached hydrogens (tertiary/aromatic N) is 2. The van der Waals surface area contributed by atoms with E-state index in [1.54, 1.807) is 11.3 Å². The van der Waals surface area contributed by atoms with Gasteiger partial charge in [0.25, 0.3) is 0 Å². The first-order valence-electron chi connectivity index (χ1n) is 10.3. The van der Waals surface area contributed by atoms with Crippen LogP contribution in [-0.2, 0) is 23.5 Å². The van der Waals surface area contributed by atoms with E-state index in [9.17, 15) is 0 Å². The van der Waals surface area contributed by atoms with Gasteiger partial charge in [-0.15, -0.1) is 23.1 Å². The SMILES string of the molecule is CC(C)[C@H]1Cc2c(sc3nc(-c4ccccc4)nc(SCc4ccccc4)c23)CO1. The van der Waals surface area contributed by atoms with E-state index >= 15 is 0 Å². The Kier molecular flexibility index (Phi) is 5.59. The highest BCUT2D eigenvalue weighted by Gasteiger charge is 2.28. The minimum Gasteiger partial charge on any atom is -0.372 e. The zero-order chi connectivity index (χ0) is 20.5. The van der Waals surface area contributed by atoms with E-state index in [0.29, 0.717) is 12.5 Å². The van der Waals surface area contributed by atoms with Crippen molar-refractivity contribution in [3.63, 3.8) is 0 Å². The Morgan fingerprint density at radius 2 is 1.77 bits per heavy atom. The average molecular weight is 433 g/mol. The van der Waals surface area contributed by atoms with E-state index in [1.165, 1.54) is 21.4 Å². The number of aromatic nitrogens is 2. The topological polar surface area (TPSA) is 35.0 Å². The minimum atomic E-state index is 0.260. The fourth-order valence-corrected chi connectivity index (χ4v) is 6.02. The number of fused-ring (bicyclic) bond motifs is 3. The van der Waals surface area contributed by atoms with Crippen molar-refractivity contribution in [2.24, 2.45) is 5.92 Å². The Bertz CT molecular complexity index is 1160. The van der Waals surface area contributed by atoms with E-state index in [2.05, 4.69) is 56.3 Å². The molecule has 30 heavy (non-hydrogen) atoms. The lowest BCUT2D eigenvalue weighted by atomic mass is 9.96. The molecule has 152 valence electrons. The molecule has 0 N–H and O–H groups in total. The maximum atomic E-state index is 6.13. The number of ether oxygens (including phenoxy) is 1. The first kappa shape index (κ1) is 19.7. The number of hydrogen-bond donors (Lipinski definition) is 0. The van der Waals surface area contributed by atoms with Crippen molar-refractivity contribution >= 4 is 33.3 Å². The standard InChI is InChI=1S/C25H24N2OS2/c1-16(2)20-13-19-21(14-28-20)30-25-22(19)24(29-15-17-9-5-3-6-10-17)26-23(27-25)18-11-7-4-8-12-18/h3-12,16,20H,13-15H2,1-2H3/t20-/m1/s1. The van der Waals surface area contributed by atoms with Crippen LogP contribution >= 0.6 is 23.1 Å². The van der Waals surface area contributed by atoms with Crippen LogP contribution in [0.2, 0.25) is 0 Å². The minimum absolute atomic E-state index is 0.260. The van der Waals surface area contributed by atoms with Gasteiger partial charge in [0, 0.05) is 28.0 Å². The van der Waals surface area contributed by atoms with Crippen LogP contribution in [-0.4, -0.2) is 16.1 Å². The van der Waals surface area contributed by atoms with Crippen molar-refractivity contribution < 1.29 is 4.74 Å². The van der Waals surface area contributed by atoms with Gasteiger partial charge in [-0.1, -0.05) is 74.5 Å². The third-order valence-corrected chi connectivity index (χ3v) is 7.67. The molecule has 0 aliphatic carbocycles. The third kappa shape index (κ3) is 3.89. The second-order valence-corrected chi connectivity index (χ2v) is 10.0. The monoisotopic (exact) mass is 432 g/mol. The Labute approximate surface area is 185 Å². The van der Waals surface area contributed by atoms with Crippen molar-refractivity contribution in [2.45, 2.75) is 43.8 Å². The summed E-state index contributed by atoms with van der Waals surface area (Å²) in [5, 5.41) is 2.33. The second-order valence-electron chi connectivity index (χ2n) is 7.97. The molecular weight excluding hydrogens is 408 g/mol. The van der Waals surface area contributed by atoms with Gasteiger partial charge < -0.3 is 4.74 Å². The largest absolute Gasteiger partial charge is 0.372 e. The summed E-state index contributed by atoms with van der Waals surface area (Å²) in [6.07, 6.45) is 1.20. The summed E-state index contributed by atoms with van der Waals surface area (Å²) in [6, 6.07) is 20.9. The maximum Gasteiger partial charge on any atom is 0.162 e. The van der Waals surface area contributed by atoms with Crippen LogP contribution < -0.4 is 0 Å². The Balaban J connectivity index is 1.61. The summed E-state index contributed by atoms with van der Waals surface area (Å²) < 4.78 is 6.13. The number of rotatable bonds is 5. The second kappa shape index (κ2) is 8.50. The first-order valence-corrected chi connectivity index (χ1v) is 12.2. The van der Waals surface area contributed by atoms with Gasteiger partial charge >= 0.3 is 0 Å². The van der Waals surface area contributed by atoms with Crippen LogP contribution in [0.5, 0.6) is 0 Å². The molecule has 0 saturated heterocycles. The summed E-state index contributed by atoms with van der Waals surface area (Å²) in [7, 11) is 0. The summed E-state index contributed by atoms with van der Waals surface area (Å²) in [5.74, 6) is 2.20. The molecule has 0 amide bonds. The number of hydrogen-bond acceptors (Lipinski definition) is 5. The Morgan fingerprint density at radius 1 is 1.03 bits per heavy atom. The Morgan fingerprint density at radius 3 is 2.50 bits per heavy atom. The predicted octanol–water partition coefficient (Wildman–Crippen LogP) is 6.75. The van der Waals surface area contributed by atoms with Crippen molar-refractivity contribution in [2.75, 3.05) is 0 Å². The molecule has 5 heteroatoms. The van der Waals surface area contributed by atoms with E-state index in [1.807, 2.05) is 30.0 Å². The molecule has 1 atom stereocenters. The van der Waals surface area contributed by atoms with Crippen molar-refractivity contribution in [1.29, 1.82) is 0 Å². The van der Waals surface area contributed by atoms with Gasteiger partial charge in [-0.05, 0) is 17.0 Å². The molecule has 3 nitrogen and oxygen atoms in total. The van der Waals surface area contributed by atoms with Crippen LogP contribution in [0, 0.1) is 5.92 Å². The maximum absolute atomic E-state index is 6.13. The molecule has 2 aromatic heterocycles. The molecule has 0 radical (unpaired) electrons. The number of thioether (sulfide) groups is 1. The van der Waals surface area contributed by atoms with E-state index in [0.717, 1.165) is 33.4 Å². The Hall–Kier alpha value is -2.21. The van der Waals surface area contributed by atoms with Crippen LogP contribution in [0.3, 0.4) is 0 Å². The summed E-state index contributed by atoms with van der Waals surface area (Å²) in [6.45, 7) is 5.15. The van der Waals surface area contributed by atoms with Crippen LogP contribution in [0.15, 0.2) is 65.7 Å². The third-order valence-electron chi connectivity index (χ3n) is 5.53. The molecule has 0 unspecified atom stereocenters. The predicted molar refractivity (Wildman–Crippen MR) is 126 cm³/mol. The smallest absolute Gasteiger partial charge is 0.162 e. The van der Waals surface area contributed by atoms with Gasteiger partial charge in [-0.2, -0.15) is 0 Å². The average Bonchev–Trinajstić information content (AvgIpc) is 3.16. The highest BCUT2D eigenvalue weighted by atomic mass is 32.2. The molecule has 0 spiro atoms. The normalized spacial score (nSPS) is 16.2. The van der Waals surface area contributed by atoms with E-state index in [4.69, 9.17) is 14.7 Å². The molecule has 0 bridgehead atoms. The molecule has 5 rings (SSSR count). The van der Waals surface area contributed by atoms with Crippen LogP contribution in [0.25, 0.3) is 21.6 Å². The lowest BCUT2D eigenvalue weighted by molar-refractivity contribution is 0.00199. The number of thiophene rings is 1. The molecule has 1 aliphatic heterocycles. The van der Waals surface area contributed by atoms with E-state index < -0.39 is 0 Å². The zero-order valence-corrected chi connectivity index (χ0v) is 18.8. The molecular formula is C25H24N2OS2. The van der Waals surface area contributed by atoms with Crippen molar-refractivity contribution in [1.82, 2.24) is 9.97 Å². The molecule has 4 aromatic rings. The van der Waals surface area contributed by atoms with Crippen LogP contribution in [0.4, 0.5) is 0 Å². The van der Waals surface area contributed by atoms with Gasteiger partial charge in [0.2, 0.25) is 0 Å². The first-order chi connectivity index (χ1) is 14.7. The van der Waals surface area contributed by atoms with Gasteiger partial charge in [-0.3, -0.25) is 0 Å². The highest BCUT2D eigenvalue weighted by Crippen LogP contribution is 2.41. The molecule has 0 saturated carbocycles. The summed E-state index contributed by atoms with van der Waals surface area (Å²) in [5.41, 5.74) is 3.77. The lowest BCUT2D eigenvalue weighted by Crippen LogP contribution is -2.26. The fraction of sp³-hybridized carbons (Fsp3) is 0.280. The van der Waals surface area contributed by atoms with Gasteiger partial charge in [0.05, 0.1) is 12.7 Å². The van der Waals surface area contributed by atoms with E-state index in [-0.39, 0.29) is 6.10 Å². The molecule has 1 aliphatic rings. The summed E-state index contributed by atoms with van der Waals surface area (Å²) >= 11 is 3.58. The van der Waals surface area contributed by atoms with Crippen LogP contribution in [0.1, 0.15) is 29.9 Å². The van der Waals surface area contributed by atoms with Crippen molar-refractivity contribution in [3.05, 3.63) is 76.7 Å². The lowest BCUT2D eigenvalue weighted by Gasteiger charge is -2.26. The molecule has 0 fully saturated rings. The van der Waals surface area contributed by atoms with Gasteiger partial charge in [-0.25, -0.2) is 9.97 Å². The zero-order valence-electron chi connectivity index (χ0n) is 17.2. The highest BCUT2D eigenvalue weighted by molar-refractivity contribution is 7.98. The quantitative estimate of drug-likeness (QED) is 0.258.